The van der Waals surface area contributed by atoms with Crippen LogP contribution in [-0.4, -0.2) is 30.9 Å². The lowest BCUT2D eigenvalue weighted by atomic mass is 9.83. The molecular weight excluding hydrogens is 218 g/mol. The Morgan fingerprint density at radius 2 is 1.94 bits per heavy atom. The maximum absolute atomic E-state index is 11.6. The molecule has 5 nitrogen and oxygen atoms in total. The first-order chi connectivity index (χ1) is 8.17. The van der Waals surface area contributed by atoms with E-state index in [2.05, 4.69) is 17.6 Å². The highest BCUT2D eigenvalue weighted by Gasteiger charge is 2.24. The summed E-state index contributed by atoms with van der Waals surface area (Å²) in [4.78, 5) is 22.5. The monoisotopic (exact) mass is 241 g/mol. The number of amides is 2. The first-order valence-electron chi connectivity index (χ1n) is 6.43. The molecule has 0 aliphatic heterocycles. The molecule has 1 rings (SSSR count). The Labute approximate surface area is 103 Å². The highest BCUT2D eigenvalue weighted by molar-refractivity contribution is 5.85. The highest BCUT2D eigenvalue weighted by atomic mass is 16.2. The summed E-state index contributed by atoms with van der Waals surface area (Å²) in [6, 6.07) is 0.274. The molecule has 4 N–H and O–H groups in total. The quantitative estimate of drug-likeness (QED) is 0.640. The normalized spacial score (nSPS) is 24.1. The second-order valence-corrected chi connectivity index (χ2v) is 4.61. The van der Waals surface area contributed by atoms with Crippen molar-refractivity contribution < 1.29 is 9.59 Å². The fraction of sp³-hybridized carbons (Fsp3) is 0.833. The van der Waals surface area contributed by atoms with Crippen molar-refractivity contribution in [1.82, 2.24) is 10.6 Å². The summed E-state index contributed by atoms with van der Waals surface area (Å²) in [5, 5.41) is 5.48. The topological polar surface area (TPSA) is 84.2 Å². The number of nitrogens with two attached hydrogens (primary N) is 1. The van der Waals surface area contributed by atoms with Crippen molar-refractivity contribution >= 4 is 11.8 Å². The van der Waals surface area contributed by atoms with Crippen LogP contribution < -0.4 is 16.4 Å². The van der Waals surface area contributed by atoms with Gasteiger partial charge in [0.1, 0.15) is 0 Å². The number of nitrogens with one attached hydrogen (secondary N) is 2. The van der Waals surface area contributed by atoms with Gasteiger partial charge in [-0.2, -0.15) is 0 Å². The van der Waals surface area contributed by atoms with Gasteiger partial charge in [-0.1, -0.05) is 26.2 Å². The van der Waals surface area contributed by atoms with Gasteiger partial charge < -0.3 is 16.4 Å². The minimum absolute atomic E-state index is 0.0307. The van der Waals surface area contributed by atoms with Gasteiger partial charge in [-0.25, -0.2) is 0 Å². The summed E-state index contributed by atoms with van der Waals surface area (Å²) in [7, 11) is 0. The molecule has 0 aromatic heterocycles. The van der Waals surface area contributed by atoms with Crippen LogP contribution in [0.1, 0.15) is 39.0 Å². The lowest BCUT2D eigenvalue weighted by Gasteiger charge is -2.31. The zero-order chi connectivity index (χ0) is 12.7. The molecule has 1 aliphatic rings. The van der Waals surface area contributed by atoms with E-state index in [4.69, 9.17) is 5.73 Å². The van der Waals surface area contributed by atoms with Crippen molar-refractivity contribution in [3.05, 3.63) is 0 Å². The molecule has 0 radical (unpaired) electrons. The van der Waals surface area contributed by atoms with Crippen molar-refractivity contribution in [3.8, 4) is 0 Å². The molecule has 1 fully saturated rings. The molecule has 2 unspecified atom stereocenters. The fourth-order valence-electron chi connectivity index (χ4n) is 2.40. The lowest BCUT2D eigenvalue weighted by Crippen LogP contribution is -2.46. The van der Waals surface area contributed by atoms with Crippen molar-refractivity contribution in [2.75, 3.05) is 13.1 Å². The van der Waals surface area contributed by atoms with Gasteiger partial charge in [-0.3, -0.25) is 9.59 Å². The summed E-state index contributed by atoms with van der Waals surface area (Å²) in [5.41, 5.74) is 5.14. The minimum Gasteiger partial charge on any atom is -0.352 e. The Morgan fingerprint density at radius 3 is 2.59 bits per heavy atom. The molecule has 98 valence electrons. The Bertz CT molecular complexity index is 268. The van der Waals surface area contributed by atoms with Crippen molar-refractivity contribution in [2.24, 2.45) is 11.7 Å². The van der Waals surface area contributed by atoms with Crippen LogP contribution in [-0.2, 0) is 9.59 Å². The van der Waals surface area contributed by atoms with Crippen molar-refractivity contribution in [1.29, 1.82) is 0 Å². The average Bonchev–Trinajstić information content (AvgIpc) is 2.36. The summed E-state index contributed by atoms with van der Waals surface area (Å²) in [6.07, 6.45) is 5.77. The Morgan fingerprint density at radius 1 is 1.24 bits per heavy atom. The van der Waals surface area contributed by atoms with Gasteiger partial charge in [0.05, 0.1) is 13.1 Å². The Kier molecular flexibility index (Phi) is 5.97. The standard InChI is InChI=1S/C12H23N3O2/c1-2-9-5-3-4-6-10(9)15-12(17)8-14-11(16)7-13/h9-10H,2-8,13H2,1H3,(H,14,16)(H,15,17). The maximum atomic E-state index is 11.6. The predicted octanol–water partition coefficient (Wildman–Crippen LogP) is 0.146. The van der Waals surface area contributed by atoms with E-state index < -0.39 is 0 Å². The van der Waals surface area contributed by atoms with E-state index in [1.165, 1.54) is 19.3 Å². The van der Waals surface area contributed by atoms with E-state index in [0.29, 0.717) is 5.92 Å². The zero-order valence-electron chi connectivity index (χ0n) is 10.5. The third-order valence-corrected chi connectivity index (χ3v) is 3.41. The summed E-state index contributed by atoms with van der Waals surface area (Å²) in [5.74, 6) is 0.172. The second-order valence-electron chi connectivity index (χ2n) is 4.61. The molecule has 17 heavy (non-hydrogen) atoms. The third-order valence-electron chi connectivity index (χ3n) is 3.41. The van der Waals surface area contributed by atoms with E-state index in [1.807, 2.05) is 0 Å². The van der Waals surface area contributed by atoms with Crippen molar-refractivity contribution in [3.63, 3.8) is 0 Å². The highest BCUT2D eigenvalue weighted by Crippen LogP contribution is 2.26. The fourth-order valence-corrected chi connectivity index (χ4v) is 2.40. The zero-order valence-corrected chi connectivity index (χ0v) is 10.5. The summed E-state index contributed by atoms with van der Waals surface area (Å²) < 4.78 is 0. The van der Waals surface area contributed by atoms with Gasteiger partial charge in [-0.15, -0.1) is 0 Å². The number of rotatable bonds is 5. The first-order valence-corrected chi connectivity index (χ1v) is 6.43. The van der Waals surface area contributed by atoms with Crippen LogP contribution in [0.5, 0.6) is 0 Å². The van der Waals surface area contributed by atoms with Crippen LogP contribution in [0.2, 0.25) is 0 Å². The molecule has 1 aliphatic carbocycles. The molecule has 0 saturated heterocycles. The van der Waals surface area contributed by atoms with Gasteiger partial charge in [0.25, 0.3) is 0 Å². The van der Waals surface area contributed by atoms with E-state index >= 15 is 0 Å². The number of carbonyl (C=O) groups excluding carboxylic acids is 2. The number of carbonyl (C=O) groups is 2. The predicted molar refractivity (Wildman–Crippen MR) is 66.2 cm³/mol. The molecular formula is C12H23N3O2. The van der Waals surface area contributed by atoms with E-state index in [9.17, 15) is 9.59 Å². The van der Waals surface area contributed by atoms with Crippen LogP contribution in [0.4, 0.5) is 0 Å². The van der Waals surface area contributed by atoms with Crippen LogP contribution in [0.3, 0.4) is 0 Å². The van der Waals surface area contributed by atoms with Gasteiger partial charge >= 0.3 is 0 Å². The second kappa shape index (κ2) is 7.27. The number of hydrogen-bond acceptors (Lipinski definition) is 3. The maximum Gasteiger partial charge on any atom is 0.239 e. The molecule has 0 aromatic carbocycles. The molecule has 1 saturated carbocycles. The van der Waals surface area contributed by atoms with E-state index in [0.717, 1.165) is 12.8 Å². The van der Waals surface area contributed by atoms with E-state index in [-0.39, 0.29) is 30.9 Å². The average molecular weight is 241 g/mol. The summed E-state index contributed by atoms with van der Waals surface area (Å²) >= 11 is 0. The molecule has 5 heteroatoms. The lowest BCUT2D eigenvalue weighted by molar-refractivity contribution is -0.126. The van der Waals surface area contributed by atoms with Crippen molar-refractivity contribution in [2.45, 2.75) is 45.1 Å². The molecule has 0 heterocycles. The molecule has 0 aromatic rings. The van der Waals surface area contributed by atoms with Crippen LogP contribution in [0.15, 0.2) is 0 Å². The molecule has 2 amide bonds. The van der Waals surface area contributed by atoms with Crippen LogP contribution in [0.25, 0.3) is 0 Å². The Balaban J connectivity index is 2.31. The van der Waals surface area contributed by atoms with Crippen LogP contribution >= 0.6 is 0 Å². The largest absolute Gasteiger partial charge is 0.352 e. The smallest absolute Gasteiger partial charge is 0.239 e. The third kappa shape index (κ3) is 4.73. The van der Waals surface area contributed by atoms with Gasteiger partial charge in [0, 0.05) is 6.04 Å². The SMILES string of the molecule is CCC1CCCCC1NC(=O)CNC(=O)CN. The van der Waals surface area contributed by atoms with Gasteiger partial charge in [0.2, 0.25) is 11.8 Å². The minimum atomic E-state index is -0.296. The van der Waals surface area contributed by atoms with E-state index in [1.54, 1.807) is 0 Å². The number of hydrogen-bond donors (Lipinski definition) is 3. The molecule has 2 atom stereocenters. The van der Waals surface area contributed by atoms with Gasteiger partial charge in [0.15, 0.2) is 0 Å². The van der Waals surface area contributed by atoms with Gasteiger partial charge in [-0.05, 0) is 18.8 Å². The first kappa shape index (κ1) is 14.0. The van der Waals surface area contributed by atoms with Crippen LogP contribution in [0, 0.1) is 5.92 Å². The summed E-state index contributed by atoms with van der Waals surface area (Å²) in [6.45, 7) is 2.11. The Hall–Kier alpha value is -1.10. The molecule has 0 spiro atoms. The molecule has 0 bridgehead atoms.